The number of aryl methyl sites for hydroxylation is 1. The molecule has 0 radical (unpaired) electrons. The summed E-state index contributed by atoms with van der Waals surface area (Å²) in [5.41, 5.74) is 5.68. The van der Waals surface area contributed by atoms with Crippen LogP contribution < -0.4 is 5.32 Å². The van der Waals surface area contributed by atoms with Crippen molar-refractivity contribution in [2.75, 3.05) is 11.9 Å². The van der Waals surface area contributed by atoms with Crippen molar-refractivity contribution in [2.45, 2.75) is 46.5 Å². The summed E-state index contributed by atoms with van der Waals surface area (Å²) in [4.78, 5) is 32.7. The fourth-order valence-electron chi connectivity index (χ4n) is 5.00. The molecule has 0 bridgehead atoms. The number of carbonyl (C=O) groups excluding carboxylic acids is 2. The van der Waals surface area contributed by atoms with Crippen LogP contribution in [-0.2, 0) is 17.6 Å². The predicted octanol–water partition coefficient (Wildman–Crippen LogP) is 7.22. The average Bonchev–Trinajstić information content (AvgIpc) is 3.25. The molecule has 5 nitrogen and oxygen atoms in total. The van der Waals surface area contributed by atoms with E-state index in [4.69, 9.17) is 9.72 Å². The molecule has 1 atom stereocenters. The van der Waals surface area contributed by atoms with Gasteiger partial charge in [-0.05, 0) is 62.8 Å². The van der Waals surface area contributed by atoms with Gasteiger partial charge in [-0.3, -0.25) is 4.79 Å². The number of aromatic nitrogens is 1. The molecule has 1 aliphatic carbocycles. The van der Waals surface area contributed by atoms with Gasteiger partial charge in [-0.25, -0.2) is 9.78 Å². The summed E-state index contributed by atoms with van der Waals surface area (Å²) in [6.07, 6.45) is 3.94. The number of pyridine rings is 1. The molecule has 1 N–H and O–H groups in total. The number of para-hydroxylation sites is 1. The van der Waals surface area contributed by atoms with Crippen LogP contribution in [0, 0.1) is 12.8 Å². The van der Waals surface area contributed by atoms with Gasteiger partial charge in [-0.2, -0.15) is 0 Å². The molecule has 0 saturated heterocycles. The fourth-order valence-corrected chi connectivity index (χ4v) is 6.34. The lowest BCUT2D eigenvalue weighted by Crippen LogP contribution is -2.17. The van der Waals surface area contributed by atoms with E-state index < -0.39 is 0 Å². The maximum absolute atomic E-state index is 13.8. The Morgan fingerprint density at radius 3 is 2.72 bits per heavy atom. The summed E-state index contributed by atoms with van der Waals surface area (Å²) in [5.74, 6) is -0.00486. The van der Waals surface area contributed by atoms with Gasteiger partial charge in [0.25, 0.3) is 5.91 Å². The second-order valence-corrected chi connectivity index (χ2v) is 10.4. The summed E-state index contributed by atoms with van der Waals surface area (Å²) in [7, 11) is 0. The van der Waals surface area contributed by atoms with Gasteiger partial charge < -0.3 is 10.1 Å². The molecule has 1 aliphatic rings. The van der Waals surface area contributed by atoms with Crippen molar-refractivity contribution < 1.29 is 14.3 Å². The number of rotatable bonds is 6. The van der Waals surface area contributed by atoms with Crippen LogP contribution in [0.25, 0.3) is 22.2 Å². The fraction of sp³-hybridized carbons (Fsp3) is 0.300. The summed E-state index contributed by atoms with van der Waals surface area (Å²) in [5, 5.41) is 4.45. The van der Waals surface area contributed by atoms with Crippen LogP contribution >= 0.6 is 11.3 Å². The number of esters is 1. The zero-order valence-corrected chi connectivity index (χ0v) is 21.7. The lowest BCUT2D eigenvalue weighted by atomic mass is 9.85. The number of ether oxygens (including phenoxy) is 1. The van der Waals surface area contributed by atoms with Crippen molar-refractivity contribution in [2.24, 2.45) is 5.92 Å². The molecule has 0 aliphatic heterocycles. The van der Waals surface area contributed by atoms with E-state index >= 15 is 0 Å². The van der Waals surface area contributed by atoms with Gasteiger partial charge in [0.1, 0.15) is 5.00 Å². The first-order valence-corrected chi connectivity index (χ1v) is 13.4. The number of fused-ring (bicyclic) bond motifs is 2. The average molecular weight is 499 g/mol. The number of nitrogens with zero attached hydrogens (tertiary/aromatic N) is 1. The minimum atomic E-state index is -0.361. The summed E-state index contributed by atoms with van der Waals surface area (Å²) in [6, 6.07) is 17.6. The van der Waals surface area contributed by atoms with E-state index in [1.165, 1.54) is 16.2 Å². The molecular weight excluding hydrogens is 468 g/mol. The first-order chi connectivity index (χ1) is 17.5. The maximum atomic E-state index is 13.8. The normalized spacial score (nSPS) is 14.9. The molecule has 5 rings (SSSR count). The van der Waals surface area contributed by atoms with E-state index in [-0.39, 0.29) is 11.9 Å². The highest BCUT2D eigenvalue weighted by molar-refractivity contribution is 7.17. The Morgan fingerprint density at radius 2 is 1.94 bits per heavy atom. The smallest absolute Gasteiger partial charge is 0.341 e. The molecule has 6 heteroatoms. The molecule has 1 unspecified atom stereocenters. The van der Waals surface area contributed by atoms with Crippen LogP contribution in [0.5, 0.6) is 0 Å². The molecule has 0 saturated carbocycles. The number of hydrogen-bond donors (Lipinski definition) is 1. The second-order valence-electron chi connectivity index (χ2n) is 9.34. The lowest BCUT2D eigenvalue weighted by Gasteiger charge is -2.20. The summed E-state index contributed by atoms with van der Waals surface area (Å²) < 4.78 is 5.40. The molecule has 1 amide bonds. The Bertz CT molecular complexity index is 1460. The van der Waals surface area contributed by atoms with E-state index in [0.717, 1.165) is 59.0 Å². The van der Waals surface area contributed by atoms with Crippen molar-refractivity contribution in [1.82, 2.24) is 4.98 Å². The predicted molar refractivity (Wildman–Crippen MR) is 146 cm³/mol. The molecule has 0 fully saturated rings. The van der Waals surface area contributed by atoms with Crippen LogP contribution in [0.15, 0.2) is 54.6 Å². The van der Waals surface area contributed by atoms with Gasteiger partial charge in [0, 0.05) is 15.8 Å². The highest BCUT2D eigenvalue weighted by Crippen LogP contribution is 2.41. The Hall–Kier alpha value is -3.51. The van der Waals surface area contributed by atoms with Crippen LogP contribution in [-0.4, -0.2) is 23.5 Å². The number of hydrogen-bond acceptors (Lipinski definition) is 5. The highest BCUT2D eigenvalue weighted by atomic mass is 32.1. The van der Waals surface area contributed by atoms with Crippen molar-refractivity contribution >= 4 is 39.1 Å². The molecule has 184 valence electrons. The monoisotopic (exact) mass is 498 g/mol. The zero-order chi connectivity index (χ0) is 25.2. The highest BCUT2D eigenvalue weighted by Gasteiger charge is 2.30. The Balaban J connectivity index is 1.57. The molecule has 2 aromatic heterocycles. The third kappa shape index (κ3) is 4.65. The van der Waals surface area contributed by atoms with E-state index in [9.17, 15) is 9.59 Å². The van der Waals surface area contributed by atoms with Crippen molar-refractivity contribution in [3.8, 4) is 11.3 Å². The van der Waals surface area contributed by atoms with E-state index in [1.807, 2.05) is 55.5 Å². The van der Waals surface area contributed by atoms with E-state index in [2.05, 4.69) is 18.3 Å². The number of amides is 1. The van der Waals surface area contributed by atoms with E-state index in [0.29, 0.717) is 28.7 Å². The molecule has 36 heavy (non-hydrogen) atoms. The summed E-state index contributed by atoms with van der Waals surface area (Å²) in [6.45, 7) is 6.34. The van der Waals surface area contributed by atoms with Gasteiger partial charge in [-0.15, -0.1) is 11.3 Å². The zero-order valence-electron chi connectivity index (χ0n) is 20.9. The quantitative estimate of drug-likeness (QED) is 0.285. The van der Waals surface area contributed by atoms with Crippen LogP contribution in [0.4, 0.5) is 5.00 Å². The largest absolute Gasteiger partial charge is 0.462 e. The topological polar surface area (TPSA) is 68.3 Å². The maximum Gasteiger partial charge on any atom is 0.341 e. The van der Waals surface area contributed by atoms with Gasteiger partial charge in [0.2, 0.25) is 0 Å². The Kier molecular flexibility index (Phi) is 6.88. The first kappa shape index (κ1) is 24.2. The number of benzene rings is 2. The number of anilines is 1. The first-order valence-electron chi connectivity index (χ1n) is 12.6. The third-order valence-corrected chi connectivity index (χ3v) is 8.10. The molecule has 2 aromatic carbocycles. The van der Waals surface area contributed by atoms with E-state index in [1.54, 1.807) is 6.92 Å². The third-order valence-electron chi connectivity index (χ3n) is 6.93. The van der Waals surface area contributed by atoms with Gasteiger partial charge >= 0.3 is 5.97 Å². The van der Waals surface area contributed by atoms with Crippen molar-refractivity contribution in [3.05, 3.63) is 81.7 Å². The molecule has 4 aromatic rings. The standard InChI is InChI=1S/C30H30N2O3S/c1-4-19-13-14-22-26(16-19)36-29(27(22)30(34)35-5-2)32-28(33)23-17-25(20-10-8-9-18(3)15-20)31-24-12-7-6-11-21(23)24/h6-12,15,17,19H,4-5,13-14,16H2,1-3H3,(H,32,33). The number of thiophene rings is 1. The minimum absolute atomic E-state index is 0.251. The van der Waals surface area contributed by atoms with Crippen molar-refractivity contribution in [3.63, 3.8) is 0 Å². The Labute approximate surface area is 215 Å². The van der Waals surface area contributed by atoms with Crippen molar-refractivity contribution in [1.29, 1.82) is 0 Å². The molecule has 2 heterocycles. The van der Waals surface area contributed by atoms with Gasteiger partial charge in [0.05, 0.1) is 28.9 Å². The van der Waals surface area contributed by atoms with Crippen LogP contribution in [0.2, 0.25) is 0 Å². The number of nitrogens with one attached hydrogen (secondary N) is 1. The SMILES string of the molecule is CCOC(=O)c1c(NC(=O)c2cc(-c3cccc(C)c3)nc3ccccc23)sc2c1CCC(CC)C2. The Morgan fingerprint density at radius 1 is 1.11 bits per heavy atom. The number of carbonyl (C=O) groups is 2. The molecule has 0 spiro atoms. The van der Waals surface area contributed by atoms with Gasteiger partial charge in [0.15, 0.2) is 0 Å². The second kappa shape index (κ2) is 10.2. The van der Waals surface area contributed by atoms with Crippen LogP contribution in [0.3, 0.4) is 0 Å². The summed E-state index contributed by atoms with van der Waals surface area (Å²) >= 11 is 1.52. The van der Waals surface area contributed by atoms with Gasteiger partial charge in [-0.1, -0.05) is 55.3 Å². The minimum Gasteiger partial charge on any atom is -0.462 e. The molecular formula is C30H30N2O3S. The van der Waals surface area contributed by atoms with Crippen LogP contribution in [0.1, 0.15) is 63.4 Å². The lowest BCUT2D eigenvalue weighted by molar-refractivity contribution is 0.0526.